The molecule has 2 atom stereocenters. The van der Waals surface area contributed by atoms with Gasteiger partial charge in [-0.15, -0.1) is 0 Å². The first-order valence-corrected chi connectivity index (χ1v) is 9.40. The van der Waals surface area contributed by atoms with E-state index in [2.05, 4.69) is 5.32 Å². The van der Waals surface area contributed by atoms with Crippen molar-refractivity contribution in [2.75, 3.05) is 7.11 Å². The van der Waals surface area contributed by atoms with Gasteiger partial charge in [-0.3, -0.25) is 4.79 Å². The van der Waals surface area contributed by atoms with Crippen molar-refractivity contribution in [3.05, 3.63) is 83.4 Å². The maximum atomic E-state index is 12.7. The predicted molar refractivity (Wildman–Crippen MR) is 108 cm³/mol. The van der Waals surface area contributed by atoms with Gasteiger partial charge in [0.1, 0.15) is 6.04 Å². The fraction of sp³-hybridized carbons (Fsp3) is 0.217. The SMILES string of the molecule is COC(=O)[C@H](Cc1ccc2ccccc2c1)NC(=O)[C@H](O)c1ccc(C(F)(F)F)cc1. The van der Waals surface area contributed by atoms with Crippen LogP contribution in [-0.2, 0) is 26.9 Å². The summed E-state index contributed by atoms with van der Waals surface area (Å²) in [5, 5.41) is 14.6. The highest BCUT2D eigenvalue weighted by Crippen LogP contribution is 2.30. The largest absolute Gasteiger partial charge is 0.467 e. The Kier molecular flexibility index (Phi) is 6.60. The maximum absolute atomic E-state index is 12.7. The number of halogens is 3. The van der Waals surface area contributed by atoms with Crippen LogP contribution < -0.4 is 5.32 Å². The Balaban J connectivity index is 1.75. The molecular weight excluding hydrogens is 411 g/mol. The van der Waals surface area contributed by atoms with Gasteiger partial charge in [0.05, 0.1) is 12.7 Å². The molecule has 0 saturated carbocycles. The van der Waals surface area contributed by atoms with E-state index < -0.39 is 35.8 Å². The molecule has 0 unspecified atom stereocenters. The first kappa shape index (κ1) is 22.3. The summed E-state index contributed by atoms with van der Waals surface area (Å²) >= 11 is 0. The van der Waals surface area contributed by atoms with Crippen LogP contribution in [0.15, 0.2) is 66.7 Å². The van der Waals surface area contributed by atoms with E-state index in [1.807, 2.05) is 42.5 Å². The van der Waals surface area contributed by atoms with Crippen molar-refractivity contribution in [3.63, 3.8) is 0 Å². The second-order valence-corrected chi connectivity index (χ2v) is 6.99. The number of benzene rings is 3. The van der Waals surface area contributed by atoms with Crippen LogP contribution in [0.4, 0.5) is 13.2 Å². The molecule has 0 aliphatic carbocycles. The number of esters is 1. The van der Waals surface area contributed by atoms with Crippen LogP contribution in [0.1, 0.15) is 22.8 Å². The summed E-state index contributed by atoms with van der Waals surface area (Å²) in [5.41, 5.74) is -0.161. The fourth-order valence-electron chi connectivity index (χ4n) is 3.19. The molecular formula is C23H20F3NO4. The van der Waals surface area contributed by atoms with Gasteiger partial charge in [0.15, 0.2) is 6.10 Å². The summed E-state index contributed by atoms with van der Waals surface area (Å²) < 4.78 is 42.8. The van der Waals surface area contributed by atoms with E-state index in [4.69, 9.17) is 4.74 Å². The Morgan fingerprint density at radius 2 is 1.65 bits per heavy atom. The highest BCUT2D eigenvalue weighted by molar-refractivity contribution is 5.88. The topological polar surface area (TPSA) is 75.6 Å². The minimum atomic E-state index is -4.53. The monoisotopic (exact) mass is 431 g/mol. The van der Waals surface area contributed by atoms with Crippen LogP contribution in [0, 0.1) is 0 Å². The van der Waals surface area contributed by atoms with E-state index in [9.17, 15) is 27.9 Å². The number of aliphatic hydroxyl groups is 1. The van der Waals surface area contributed by atoms with Crippen molar-refractivity contribution in [2.45, 2.75) is 24.7 Å². The summed E-state index contributed by atoms with van der Waals surface area (Å²) in [6.07, 6.45) is -6.16. The first-order valence-electron chi connectivity index (χ1n) is 9.40. The third-order valence-electron chi connectivity index (χ3n) is 4.86. The third-order valence-corrected chi connectivity index (χ3v) is 4.86. The normalized spacial score (nSPS) is 13.5. The van der Waals surface area contributed by atoms with E-state index >= 15 is 0 Å². The third kappa shape index (κ3) is 5.40. The van der Waals surface area contributed by atoms with Gasteiger partial charge in [-0.2, -0.15) is 13.2 Å². The number of aliphatic hydroxyl groups excluding tert-OH is 1. The molecule has 3 rings (SSSR count). The molecule has 3 aromatic rings. The molecule has 0 aliphatic rings. The lowest BCUT2D eigenvalue weighted by molar-refractivity contribution is -0.146. The molecule has 0 aliphatic heterocycles. The second-order valence-electron chi connectivity index (χ2n) is 6.99. The zero-order chi connectivity index (χ0) is 22.6. The number of carbonyl (C=O) groups is 2. The molecule has 2 N–H and O–H groups in total. The number of hydrogen-bond donors (Lipinski definition) is 2. The Hall–Kier alpha value is -3.39. The average Bonchev–Trinajstić information content (AvgIpc) is 2.77. The quantitative estimate of drug-likeness (QED) is 0.583. The molecule has 0 bridgehead atoms. The van der Waals surface area contributed by atoms with Gasteiger partial charge >= 0.3 is 12.1 Å². The number of methoxy groups -OCH3 is 1. The Labute approximate surface area is 176 Å². The Morgan fingerprint density at radius 1 is 1.00 bits per heavy atom. The molecule has 5 nitrogen and oxygen atoms in total. The lowest BCUT2D eigenvalue weighted by Crippen LogP contribution is -2.45. The summed E-state index contributed by atoms with van der Waals surface area (Å²) in [4.78, 5) is 24.7. The molecule has 0 heterocycles. The van der Waals surface area contributed by atoms with Crippen molar-refractivity contribution in [3.8, 4) is 0 Å². The van der Waals surface area contributed by atoms with Crippen LogP contribution >= 0.6 is 0 Å². The summed E-state index contributed by atoms with van der Waals surface area (Å²) in [7, 11) is 1.17. The van der Waals surface area contributed by atoms with E-state index in [0.29, 0.717) is 0 Å². The first-order chi connectivity index (χ1) is 14.7. The van der Waals surface area contributed by atoms with Crippen molar-refractivity contribution < 1.29 is 32.6 Å². The van der Waals surface area contributed by atoms with Crippen molar-refractivity contribution >= 4 is 22.6 Å². The number of ether oxygens (including phenoxy) is 1. The lowest BCUT2D eigenvalue weighted by atomic mass is 10.0. The number of fused-ring (bicyclic) bond motifs is 1. The van der Waals surface area contributed by atoms with Crippen molar-refractivity contribution in [2.24, 2.45) is 0 Å². The fourth-order valence-corrected chi connectivity index (χ4v) is 3.19. The van der Waals surface area contributed by atoms with Crippen LogP contribution in [-0.4, -0.2) is 30.1 Å². The van der Waals surface area contributed by atoms with Crippen LogP contribution in [0.25, 0.3) is 10.8 Å². The smallest absolute Gasteiger partial charge is 0.416 e. The van der Waals surface area contributed by atoms with E-state index in [1.54, 1.807) is 0 Å². The van der Waals surface area contributed by atoms with E-state index in [-0.39, 0.29) is 12.0 Å². The molecule has 8 heteroatoms. The highest BCUT2D eigenvalue weighted by atomic mass is 19.4. The van der Waals surface area contributed by atoms with Gasteiger partial charge in [-0.05, 0) is 34.0 Å². The van der Waals surface area contributed by atoms with Gasteiger partial charge in [0.2, 0.25) is 0 Å². The van der Waals surface area contributed by atoms with Crippen LogP contribution in [0.5, 0.6) is 0 Å². The predicted octanol–water partition coefficient (Wildman–Crippen LogP) is 3.79. The Morgan fingerprint density at radius 3 is 2.26 bits per heavy atom. The standard InChI is InChI=1S/C23H20F3NO4/c1-31-22(30)19(13-14-6-7-15-4-2-3-5-17(15)12-14)27-21(29)20(28)16-8-10-18(11-9-16)23(24,25)26/h2-12,19-20,28H,13H2,1H3,(H,27,29)/t19-,20+/m0/s1. The molecule has 0 radical (unpaired) electrons. The zero-order valence-electron chi connectivity index (χ0n) is 16.5. The molecule has 0 aromatic heterocycles. The van der Waals surface area contributed by atoms with Crippen molar-refractivity contribution in [1.29, 1.82) is 0 Å². The van der Waals surface area contributed by atoms with Crippen LogP contribution in [0.3, 0.4) is 0 Å². The van der Waals surface area contributed by atoms with Gasteiger partial charge < -0.3 is 15.2 Å². The number of carbonyl (C=O) groups excluding carboxylic acids is 2. The van der Waals surface area contributed by atoms with Gasteiger partial charge in [-0.1, -0.05) is 54.6 Å². The molecule has 31 heavy (non-hydrogen) atoms. The molecule has 0 spiro atoms. The Bertz CT molecular complexity index is 1080. The number of alkyl halides is 3. The average molecular weight is 431 g/mol. The minimum Gasteiger partial charge on any atom is -0.467 e. The van der Waals surface area contributed by atoms with Gasteiger partial charge in [0, 0.05) is 6.42 Å². The number of amides is 1. The lowest BCUT2D eigenvalue weighted by Gasteiger charge is -2.19. The zero-order valence-corrected chi connectivity index (χ0v) is 16.5. The maximum Gasteiger partial charge on any atom is 0.416 e. The summed E-state index contributed by atoms with van der Waals surface area (Å²) in [6.45, 7) is 0. The summed E-state index contributed by atoms with van der Waals surface area (Å²) in [5.74, 6) is -1.63. The van der Waals surface area contributed by atoms with E-state index in [0.717, 1.165) is 40.6 Å². The number of nitrogens with one attached hydrogen (secondary N) is 1. The molecule has 3 aromatic carbocycles. The molecule has 0 fully saturated rings. The molecule has 1 amide bonds. The number of hydrogen-bond acceptors (Lipinski definition) is 4. The minimum absolute atomic E-state index is 0.0279. The summed E-state index contributed by atoms with van der Waals surface area (Å²) in [6, 6.07) is 15.7. The van der Waals surface area contributed by atoms with E-state index in [1.165, 1.54) is 7.11 Å². The second kappa shape index (κ2) is 9.18. The molecule has 162 valence electrons. The van der Waals surface area contributed by atoms with Gasteiger partial charge in [-0.25, -0.2) is 4.79 Å². The highest BCUT2D eigenvalue weighted by Gasteiger charge is 2.31. The van der Waals surface area contributed by atoms with Gasteiger partial charge in [0.25, 0.3) is 5.91 Å². The van der Waals surface area contributed by atoms with Crippen molar-refractivity contribution in [1.82, 2.24) is 5.32 Å². The number of rotatable bonds is 6. The molecule has 0 saturated heterocycles. The van der Waals surface area contributed by atoms with Crippen LogP contribution in [0.2, 0.25) is 0 Å².